The Bertz CT molecular complexity index is 558. The Kier molecular flexibility index (Phi) is 3.41. The molecule has 4 atom stereocenters. The van der Waals surface area contributed by atoms with Crippen molar-refractivity contribution in [3.8, 4) is 0 Å². The number of hydrogen-bond acceptors (Lipinski definition) is 2. The van der Waals surface area contributed by atoms with E-state index in [1.165, 1.54) is 5.56 Å². The van der Waals surface area contributed by atoms with Crippen LogP contribution in [0.1, 0.15) is 35.2 Å². The summed E-state index contributed by atoms with van der Waals surface area (Å²) in [5.41, 5.74) is 2.01. The number of fused-ring (bicyclic) bond motifs is 2. The van der Waals surface area contributed by atoms with Gasteiger partial charge in [-0.1, -0.05) is 49.5 Å². The van der Waals surface area contributed by atoms with E-state index in [9.17, 15) is 9.90 Å². The lowest BCUT2D eigenvalue weighted by atomic mass is 9.87. The number of aryl methyl sites for hydroxylation is 1. The molecule has 2 aliphatic carbocycles. The average Bonchev–Trinajstić information content (AvgIpc) is 2.91. The highest BCUT2D eigenvalue weighted by Crippen LogP contribution is 2.68. The van der Waals surface area contributed by atoms with E-state index in [0.29, 0.717) is 5.92 Å². The Hall–Kier alpha value is -0.933. The van der Waals surface area contributed by atoms with Crippen molar-refractivity contribution >= 4 is 13.9 Å². The molecule has 2 nitrogen and oxygen atoms in total. The summed E-state index contributed by atoms with van der Waals surface area (Å²) in [5, 5.41) is 10.6. The molecule has 2 bridgehead atoms. The highest BCUT2D eigenvalue weighted by Gasteiger charge is 2.66. The van der Waals surface area contributed by atoms with Crippen LogP contribution in [0.5, 0.6) is 0 Å². The van der Waals surface area contributed by atoms with Gasteiger partial charge in [0.05, 0.1) is 14.2 Å². The van der Waals surface area contributed by atoms with Gasteiger partial charge in [0.15, 0.2) is 5.78 Å². The number of aliphatic hydroxyl groups excluding tert-OH is 1. The largest absolute Gasteiger partial charge is 0.393 e. The van der Waals surface area contributed by atoms with Crippen molar-refractivity contribution in [3.05, 3.63) is 35.4 Å². The third kappa shape index (κ3) is 2.05. The van der Waals surface area contributed by atoms with Crippen molar-refractivity contribution in [3.63, 3.8) is 0 Å². The minimum atomic E-state index is -1.64. The predicted octanol–water partition coefficient (Wildman–Crippen LogP) is 4.05. The summed E-state index contributed by atoms with van der Waals surface area (Å²) < 4.78 is 0. The van der Waals surface area contributed by atoms with E-state index in [-0.39, 0.29) is 22.8 Å². The maximum Gasteiger partial charge on any atom is 0.166 e. The van der Waals surface area contributed by atoms with E-state index in [1.54, 1.807) is 0 Å². The summed E-state index contributed by atoms with van der Waals surface area (Å²) in [6, 6.07) is 7.95. The third-order valence-electron chi connectivity index (χ3n) is 6.09. The number of benzene rings is 1. The lowest BCUT2D eigenvalue weighted by molar-refractivity contribution is 0.0829. The molecule has 0 radical (unpaired) electrons. The van der Waals surface area contributed by atoms with Crippen molar-refractivity contribution in [2.45, 2.75) is 57.0 Å². The first-order chi connectivity index (χ1) is 9.77. The fourth-order valence-electron chi connectivity index (χ4n) is 4.98. The number of carbonyl (C=O) groups excluding carboxylic acids is 1. The van der Waals surface area contributed by atoms with Crippen LogP contribution >= 0.6 is 0 Å². The number of rotatable bonds is 3. The molecule has 4 unspecified atom stereocenters. The maximum absolute atomic E-state index is 13.1. The molecule has 0 amide bonds. The van der Waals surface area contributed by atoms with Crippen LogP contribution in [0.4, 0.5) is 0 Å². The quantitative estimate of drug-likeness (QED) is 0.675. The first-order valence-corrected chi connectivity index (χ1v) is 11.6. The van der Waals surface area contributed by atoms with E-state index >= 15 is 0 Å². The second kappa shape index (κ2) is 4.78. The third-order valence-corrected chi connectivity index (χ3v) is 9.78. The van der Waals surface area contributed by atoms with Crippen molar-refractivity contribution in [1.82, 2.24) is 0 Å². The molecule has 114 valence electrons. The van der Waals surface area contributed by atoms with Gasteiger partial charge in [0.2, 0.25) is 0 Å². The number of carbonyl (C=O) groups is 1. The van der Waals surface area contributed by atoms with Gasteiger partial charge in [-0.2, -0.15) is 0 Å². The molecule has 0 saturated heterocycles. The van der Waals surface area contributed by atoms with Crippen LogP contribution in [0.25, 0.3) is 0 Å². The van der Waals surface area contributed by atoms with Gasteiger partial charge in [0, 0.05) is 16.5 Å². The molecule has 0 aromatic heterocycles. The summed E-state index contributed by atoms with van der Waals surface area (Å²) >= 11 is 0. The van der Waals surface area contributed by atoms with Crippen molar-refractivity contribution in [1.29, 1.82) is 0 Å². The molecule has 0 spiro atoms. The van der Waals surface area contributed by atoms with Gasteiger partial charge in [-0.15, -0.1) is 0 Å². The van der Waals surface area contributed by atoms with Gasteiger partial charge in [0.25, 0.3) is 0 Å². The number of aliphatic hydroxyl groups is 1. The fraction of sp³-hybridized carbons (Fsp3) is 0.611. The molecule has 2 aliphatic rings. The Balaban J connectivity index is 2.01. The van der Waals surface area contributed by atoms with Crippen LogP contribution in [0, 0.1) is 18.8 Å². The van der Waals surface area contributed by atoms with Crippen LogP contribution in [-0.4, -0.2) is 25.1 Å². The number of Topliss-reactive ketones (excluding diaryl/α,β-unsaturated/α-hetero) is 1. The first kappa shape index (κ1) is 15.0. The topological polar surface area (TPSA) is 37.3 Å². The second-order valence-corrected chi connectivity index (χ2v) is 13.5. The van der Waals surface area contributed by atoms with Gasteiger partial charge in [0.1, 0.15) is 0 Å². The minimum Gasteiger partial charge on any atom is -0.393 e. The van der Waals surface area contributed by atoms with Crippen LogP contribution in [0.3, 0.4) is 0 Å². The normalized spacial score (nSPS) is 35.2. The molecule has 0 aliphatic heterocycles. The van der Waals surface area contributed by atoms with Crippen LogP contribution in [0.15, 0.2) is 24.3 Å². The molecule has 21 heavy (non-hydrogen) atoms. The highest BCUT2D eigenvalue weighted by molar-refractivity contribution is 6.79. The fourth-order valence-corrected chi connectivity index (χ4v) is 8.29. The minimum absolute atomic E-state index is 0.0434. The SMILES string of the molecule is Cc1ccc(C(=O)C2C3CCC2([Si](C)(C)C)C(O)C3)cc1. The van der Waals surface area contributed by atoms with E-state index in [1.807, 2.05) is 31.2 Å². The van der Waals surface area contributed by atoms with Crippen LogP contribution in [-0.2, 0) is 0 Å². The molecule has 1 aromatic rings. The monoisotopic (exact) mass is 302 g/mol. The number of ketones is 1. The van der Waals surface area contributed by atoms with Gasteiger partial charge < -0.3 is 5.11 Å². The van der Waals surface area contributed by atoms with Crippen molar-refractivity contribution in [2.75, 3.05) is 0 Å². The Morgan fingerprint density at radius 1 is 1.24 bits per heavy atom. The highest BCUT2D eigenvalue weighted by atomic mass is 28.3. The van der Waals surface area contributed by atoms with E-state index in [4.69, 9.17) is 0 Å². The average molecular weight is 302 g/mol. The van der Waals surface area contributed by atoms with E-state index < -0.39 is 8.07 Å². The molecule has 0 heterocycles. The van der Waals surface area contributed by atoms with Gasteiger partial charge >= 0.3 is 0 Å². The molecule has 1 aromatic carbocycles. The Morgan fingerprint density at radius 2 is 1.86 bits per heavy atom. The second-order valence-electron chi connectivity index (χ2n) is 8.05. The maximum atomic E-state index is 13.1. The molecule has 1 N–H and O–H groups in total. The van der Waals surface area contributed by atoms with E-state index in [2.05, 4.69) is 19.6 Å². The van der Waals surface area contributed by atoms with Crippen molar-refractivity contribution < 1.29 is 9.90 Å². The smallest absolute Gasteiger partial charge is 0.166 e. The predicted molar refractivity (Wildman–Crippen MR) is 88.4 cm³/mol. The zero-order valence-corrected chi connectivity index (χ0v) is 14.5. The molecular formula is C18H26O2Si. The van der Waals surface area contributed by atoms with Crippen LogP contribution < -0.4 is 0 Å². The standard InChI is InChI=1S/C18H26O2Si/c1-12-5-7-13(8-6-12)17(20)16-14-9-10-18(16,15(19)11-14)21(2,3)4/h5-8,14-16,19H,9-11H2,1-4H3. The summed E-state index contributed by atoms with van der Waals surface area (Å²) in [6.07, 6.45) is 2.70. The lowest BCUT2D eigenvalue weighted by Crippen LogP contribution is -2.48. The molecule has 2 saturated carbocycles. The zero-order valence-electron chi connectivity index (χ0n) is 13.5. The lowest BCUT2D eigenvalue weighted by Gasteiger charge is -2.45. The zero-order chi connectivity index (χ0) is 15.4. The summed E-state index contributed by atoms with van der Waals surface area (Å²) in [7, 11) is -1.64. The summed E-state index contributed by atoms with van der Waals surface area (Å²) in [5.74, 6) is 0.707. The molecule has 3 heteroatoms. The van der Waals surface area contributed by atoms with Gasteiger partial charge in [-0.3, -0.25) is 4.79 Å². The Labute approximate surface area is 128 Å². The molecule has 2 fully saturated rings. The summed E-state index contributed by atoms with van der Waals surface area (Å²) in [6.45, 7) is 9.00. The van der Waals surface area contributed by atoms with E-state index in [0.717, 1.165) is 24.8 Å². The first-order valence-electron chi connectivity index (χ1n) is 8.06. The Morgan fingerprint density at radius 3 is 2.38 bits per heavy atom. The van der Waals surface area contributed by atoms with Gasteiger partial charge in [-0.05, 0) is 32.1 Å². The van der Waals surface area contributed by atoms with Crippen LogP contribution in [0.2, 0.25) is 24.7 Å². The van der Waals surface area contributed by atoms with Crippen molar-refractivity contribution in [2.24, 2.45) is 11.8 Å². The molecule has 3 rings (SSSR count). The number of hydrogen-bond donors (Lipinski definition) is 1. The van der Waals surface area contributed by atoms with Gasteiger partial charge in [-0.25, -0.2) is 0 Å². The molecular weight excluding hydrogens is 276 g/mol. The summed E-state index contributed by atoms with van der Waals surface area (Å²) in [4.78, 5) is 13.1.